The Morgan fingerprint density at radius 2 is 2.03 bits per heavy atom. The number of carbonyl (C=O) groups is 2. The molecule has 2 aromatic carbocycles. The maximum absolute atomic E-state index is 12.2. The first-order valence-corrected chi connectivity index (χ1v) is 10.5. The number of rotatable bonds is 6. The van der Waals surface area contributed by atoms with Crippen LogP contribution in [0.3, 0.4) is 0 Å². The van der Waals surface area contributed by atoms with Crippen LogP contribution in [0.2, 0.25) is 0 Å². The molecule has 7 heteroatoms. The summed E-state index contributed by atoms with van der Waals surface area (Å²) < 4.78 is 5.50. The Labute approximate surface area is 178 Å². The van der Waals surface area contributed by atoms with Crippen LogP contribution in [0.5, 0.6) is 5.75 Å². The van der Waals surface area contributed by atoms with Crippen molar-refractivity contribution in [3.63, 3.8) is 0 Å². The predicted molar refractivity (Wildman–Crippen MR) is 118 cm³/mol. The normalized spacial score (nSPS) is 12.4. The lowest BCUT2D eigenvalue weighted by Crippen LogP contribution is -2.18. The summed E-state index contributed by atoms with van der Waals surface area (Å²) in [6.07, 6.45) is 4.20. The van der Waals surface area contributed by atoms with Crippen molar-refractivity contribution in [2.75, 3.05) is 11.9 Å². The van der Waals surface area contributed by atoms with Gasteiger partial charge in [0.05, 0.1) is 12.3 Å². The van der Waals surface area contributed by atoms with Crippen LogP contribution in [0.1, 0.15) is 23.6 Å². The summed E-state index contributed by atoms with van der Waals surface area (Å²) >= 11 is 1.38. The molecular weight excluding hydrogens is 398 g/mol. The van der Waals surface area contributed by atoms with Gasteiger partial charge in [0.15, 0.2) is 5.13 Å². The zero-order chi connectivity index (χ0) is 20.9. The number of amides is 2. The molecule has 2 amide bonds. The molecule has 0 bridgehead atoms. The molecule has 0 radical (unpaired) electrons. The van der Waals surface area contributed by atoms with E-state index in [1.807, 2.05) is 47.8 Å². The Morgan fingerprint density at radius 3 is 2.83 bits per heavy atom. The molecule has 0 spiro atoms. The monoisotopic (exact) mass is 419 g/mol. The second-order valence-electron chi connectivity index (χ2n) is 6.93. The Morgan fingerprint density at radius 1 is 1.20 bits per heavy atom. The summed E-state index contributed by atoms with van der Waals surface area (Å²) in [6, 6.07) is 13.7. The number of nitrogens with one attached hydrogen (secondary N) is 2. The fraction of sp³-hybridized carbons (Fsp3) is 0.174. The molecule has 152 valence electrons. The number of benzene rings is 2. The second-order valence-corrected chi connectivity index (χ2v) is 7.79. The van der Waals surface area contributed by atoms with E-state index in [0.717, 1.165) is 34.6 Å². The van der Waals surface area contributed by atoms with E-state index in [4.69, 9.17) is 4.74 Å². The summed E-state index contributed by atoms with van der Waals surface area (Å²) in [6.45, 7) is 2.71. The van der Waals surface area contributed by atoms with Crippen molar-refractivity contribution in [3.8, 4) is 17.0 Å². The first kappa shape index (κ1) is 19.8. The molecule has 0 unspecified atom stereocenters. The van der Waals surface area contributed by atoms with Crippen molar-refractivity contribution < 1.29 is 14.3 Å². The molecule has 1 aliphatic heterocycles. The molecular formula is C23H21N3O3S. The van der Waals surface area contributed by atoms with E-state index >= 15 is 0 Å². The van der Waals surface area contributed by atoms with Gasteiger partial charge in [-0.2, -0.15) is 0 Å². The van der Waals surface area contributed by atoms with Crippen molar-refractivity contribution >= 4 is 34.4 Å². The maximum Gasteiger partial charge on any atom is 0.250 e. The number of carbonyl (C=O) groups excluding carboxylic acids is 2. The molecule has 0 atom stereocenters. The first-order chi connectivity index (χ1) is 14.6. The van der Waals surface area contributed by atoms with Gasteiger partial charge < -0.3 is 10.1 Å². The minimum Gasteiger partial charge on any atom is -0.493 e. The minimum absolute atomic E-state index is 0.0572. The van der Waals surface area contributed by atoms with E-state index in [9.17, 15) is 9.59 Å². The molecule has 1 aromatic heterocycles. The Hall–Kier alpha value is -3.45. The summed E-state index contributed by atoms with van der Waals surface area (Å²) in [4.78, 5) is 27.7. The fourth-order valence-corrected chi connectivity index (χ4v) is 3.84. The Balaban J connectivity index is 1.36. The number of hydrogen-bond donors (Lipinski definition) is 2. The lowest BCUT2D eigenvalue weighted by molar-refractivity contribution is -0.119. The third-order valence-electron chi connectivity index (χ3n) is 4.67. The number of thiazole rings is 1. The van der Waals surface area contributed by atoms with Crippen LogP contribution in [0.4, 0.5) is 5.13 Å². The van der Waals surface area contributed by atoms with Gasteiger partial charge in [0, 0.05) is 36.9 Å². The summed E-state index contributed by atoms with van der Waals surface area (Å²) in [5.41, 5.74) is 4.90. The largest absolute Gasteiger partial charge is 0.493 e. The van der Waals surface area contributed by atoms with Crippen molar-refractivity contribution in [2.45, 2.75) is 19.9 Å². The molecule has 6 nitrogen and oxygen atoms in total. The van der Waals surface area contributed by atoms with E-state index in [2.05, 4.69) is 15.6 Å². The van der Waals surface area contributed by atoms with Crippen molar-refractivity contribution in [2.24, 2.45) is 0 Å². The van der Waals surface area contributed by atoms with E-state index in [0.29, 0.717) is 18.3 Å². The molecule has 0 saturated heterocycles. The number of hydrogen-bond acceptors (Lipinski definition) is 5. The highest BCUT2D eigenvalue weighted by atomic mass is 32.1. The predicted octanol–water partition coefficient (Wildman–Crippen LogP) is 4.03. The van der Waals surface area contributed by atoms with Gasteiger partial charge in [-0.3, -0.25) is 14.9 Å². The van der Waals surface area contributed by atoms with Crippen LogP contribution in [0.25, 0.3) is 17.3 Å². The third kappa shape index (κ3) is 4.93. The molecule has 0 aliphatic carbocycles. The van der Waals surface area contributed by atoms with Crippen LogP contribution in [-0.2, 0) is 22.6 Å². The standard InChI is InChI=1S/C23H21N3O3S/c1-15(27)24-13-17-2-6-18(7-3-17)20-14-30-23(25-20)26-22(28)9-5-16-4-8-21-19(12-16)10-11-29-21/h2-9,12,14H,10-11,13H2,1H3,(H,24,27)(H,25,26,28)/b9-5+. The fourth-order valence-electron chi connectivity index (χ4n) is 3.11. The Kier molecular flexibility index (Phi) is 5.90. The highest BCUT2D eigenvalue weighted by Gasteiger charge is 2.11. The number of anilines is 1. The van der Waals surface area contributed by atoms with Gasteiger partial charge in [0.1, 0.15) is 5.75 Å². The highest BCUT2D eigenvalue weighted by molar-refractivity contribution is 7.14. The zero-order valence-corrected chi connectivity index (χ0v) is 17.3. The van der Waals surface area contributed by atoms with Crippen LogP contribution in [0, 0.1) is 0 Å². The average Bonchev–Trinajstić information content (AvgIpc) is 3.40. The van der Waals surface area contributed by atoms with Gasteiger partial charge in [-0.1, -0.05) is 30.3 Å². The lowest BCUT2D eigenvalue weighted by atomic mass is 10.1. The number of ether oxygens (including phenoxy) is 1. The first-order valence-electron chi connectivity index (χ1n) is 9.61. The highest BCUT2D eigenvalue weighted by Crippen LogP contribution is 2.27. The molecule has 3 aromatic rings. The molecule has 4 rings (SSSR count). The number of aromatic nitrogens is 1. The molecule has 2 N–H and O–H groups in total. The molecule has 0 saturated carbocycles. The summed E-state index contributed by atoms with van der Waals surface area (Å²) in [7, 11) is 0. The van der Waals surface area contributed by atoms with Gasteiger partial charge in [0.2, 0.25) is 11.8 Å². The van der Waals surface area contributed by atoms with Crippen LogP contribution >= 0.6 is 11.3 Å². The average molecular weight is 420 g/mol. The lowest BCUT2D eigenvalue weighted by Gasteiger charge is -2.03. The van der Waals surface area contributed by atoms with Gasteiger partial charge >= 0.3 is 0 Å². The maximum atomic E-state index is 12.2. The number of nitrogens with zero attached hydrogens (tertiary/aromatic N) is 1. The minimum atomic E-state index is -0.224. The van der Waals surface area contributed by atoms with Crippen LogP contribution in [-0.4, -0.2) is 23.4 Å². The van der Waals surface area contributed by atoms with Crippen LogP contribution in [0.15, 0.2) is 53.9 Å². The van der Waals surface area contributed by atoms with E-state index in [1.54, 1.807) is 6.08 Å². The van der Waals surface area contributed by atoms with E-state index in [1.165, 1.54) is 29.9 Å². The molecule has 1 aliphatic rings. The third-order valence-corrected chi connectivity index (χ3v) is 5.42. The van der Waals surface area contributed by atoms with Gasteiger partial charge in [-0.15, -0.1) is 11.3 Å². The summed E-state index contributed by atoms with van der Waals surface area (Å²) in [5, 5.41) is 8.03. The van der Waals surface area contributed by atoms with E-state index < -0.39 is 0 Å². The van der Waals surface area contributed by atoms with Gasteiger partial charge in [-0.25, -0.2) is 4.98 Å². The van der Waals surface area contributed by atoms with Crippen LogP contribution < -0.4 is 15.4 Å². The van der Waals surface area contributed by atoms with Crippen molar-refractivity contribution in [3.05, 3.63) is 70.6 Å². The zero-order valence-electron chi connectivity index (χ0n) is 16.5. The van der Waals surface area contributed by atoms with Gasteiger partial charge in [-0.05, 0) is 34.9 Å². The molecule has 0 fully saturated rings. The second kappa shape index (κ2) is 8.92. The quantitative estimate of drug-likeness (QED) is 0.591. The van der Waals surface area contributed by atoms with Crippen molar-refractivity contribution in [1.82, 2.24) is 10.3 Å². The van der Waals surface area contributed by atoms with Gasteiger partial charge in [0.25, 0.3) is 0 Å². The smallest absolute Gasteiger partial charge is 0.250 e. The van der Waals surface area contributed by atoms with Crippen molar-refractivity contribution in [1.29, 1.82) is 0 Å². The molecule has 30 heavy (non-hydrogen) atoms. The van der Waals surface area contributed by atoms with E-state index in [-0.39, 0.29) is 11.8 Å². The SMILES string of the molecule is CC(=O)NCc1ccc(-c2csc(NC(=O)/C=C/c3ccc4c(c3)CCO4)n2)cc1. The topological polar surface area (TPSA) is 80.3 Å². The summed E-state index contributed by atoms with van der Waals surface area (Å²) in [5.74, 6) is 0.645. The Bertz CT molecular complexity index is 1100. The number of fused-ring (bicyclic) bond motifs is 1. The molecule has 2 heterocycles.